The summed E-state index contributed by atoms with van der Waals surface area (Å²) in [6.07, 6.45) is 5.40. The molecule has 2 aliphatic rings. The van der Waals surface area contributed by atoms with Crippen LogP contribution in [0.25, 0.3) is 0 Å². The SMILES string of the molecule is CN(CCNC(=O)C1CNC1)C1CCCC1. The molecule has 0 spiro atoms. The summed E-state index contributed by atoms with van der Waals surface area (Å²) in [6, 6.07) is 0.752. The van der Waals surface area contributed by atoms with Crippen LogP contribution in [-0.2, 0) is 4.79 Å². The van der Waals surface area contributed by atoms with Gasteiger partial charge in [-0.2, -0.15) is 0 Å². The number of nitrogens with one attached hydrogen (secondary N) is 2. The van der Waals surface area contributed by atoms with Crippen molar-refractivity contribution in [2.45, 2.75) is 31.7 Å². The molecule has 1 aliphatic carbocycles. The fourth-order valence-corrected chi connectivity index (χ4v) is 2.50. The average molecular weight is 225 g/mol. The van der Waals surface area contributed by atoms with Crippen LogP contribution < -0.4 is 10.6 Å². The molecule has 0 unspecified atom stereocenters. The Hall–Kier alpha value is -0.610. The summed E-state index contributed by atoms with van der Waals surface area (Å²) in [5, 5.41) is 6.13. The summed E-state index contributed by atoms with van der Waals surface area (Å²) < 4.78 is 0. The second-order valence-corrected chi connectivity index (χ2v) is 5.07. The lowest BCUT2D eigenvalue weighted by Gasteiger charge is -2.27. The van der Waals surface area contributed by atoms with E-state index in [0.29, 0.717) is 0 Å². The summed E-state index contributed by atoms with van der Waals surface area (Å²) in [4.78, 5) is 14.0. The Labute approximate surface area is 97.8 Å². The Morgan fingerprint density at radius 1 is 1.38 bits per heavy atom. The molecule has 1 saturated carbocycles. The molecule has 1 heterocycles. The van der Waals surface area contributed by atoms with Gasteiger partial charge in [-0.05, 0) is 19.9 Å². The number of rotatable bonds is 5. The van der Waals surface area contributed by atoms with Gasteiger partial charge in [-0.15, -0.1) is 0 Å². The first kappa shape index (κ1) is 11.9. The molecule has 92 valence electrons. The molecule has 0 aromatic carbocycles. The number of hydrogen-bond donors (Lipinski definition) is 2. The number of nitrogens with zero attached hydrogens (tertiary/aromatic N) is 1. The molecule has 0 aromatic rings. The van der Waals surface area contributed by atoms with Crippen molar-refractivity contribution >= 4 is 5.91 Å². The number of amides is 1. The highest BCUT2D eigenvalue weighted by Gasteiger charge is 2.24. The molecule has 0 radical (unpaired) electrons. The monoisotopic (exact) mass is 225 g/mol. The predicted octanol–water partition coefficient (Wildman–Crippen LogP) is 0.196. The van der Waals surface area contributed by atoms with E-state index in [4.69, 9.17) is 0 Å². The summed E-state index contributed by atoms with van der Waals surface area (Å²) >= 11 is 0. The third-order valence-electron chi connectivity index (χ3n) is 3.86. The van der Waals surface area contributed by atoms with E-state index in [1.54, 1.807) is 0 Å². The predicted molar refractivity (Wildman–Crippen MR) is 64.3 cm³/mol. The highest BCUT2D eigenvalue weighted by atomic mass is 16.2. The maximum atomic E-state index is 11.6. The molecule has 4 nitrogen and oxygen atoms in total. The van der Waals surface area contributed by atoms with Gasteiger partial charge in [-0.3, -0.25) is 4.79 Å². The molecule has 0 atom stereocenters. The zero-order valence-corrected chi connectivity index (χ0v) is 10.2. The van der Waals surface area contributed by atoms with Crippen molar-refractivity contribution in [3.8, 4) is 0 Å². The second-order valence-electron chi connectivity index (χ2n) is 5.07. The lowest BCUT2D eigenvalue weighted by atomic mass is 10.0. The molecule has 0 bridgehead atoms. The summed E-state index contributed by atoms with van der Waals surface area (Å²) in [7, 11) is 2.17. The van der Waals surface area contributed by atoms with Crippen molar-refractivity contribution in [2.24, 2.45) is 5.92 Å². The van der Waals surface area contributed by atoms with Gasteiger partial charge in [0.05, 0.1) is 5.92 Å². The van der Waals surface area contributed by atoms with Crippen LogP contribution >= 0.6 is 0 Å². The minimum atomic E-state index is 0.219. The van der Waals surface area contributed by atoms with E-state index in [9.17, 15) is 4.79 Å². The zero-order valence-electron chi connectivity index (χ0n) is 10.2. The fourth-order valence-electron chi connectivity index (χ4n) is 2.50. The average Bonchev–Trinajstić information content (AvgIpc) is 2.67. The van der Waals surface area contributed by atoms with E-state index in [-0.39, 0.29) is 11.8 Å². The fraction of sp³-hybridized carbons (Fsp3) is 0.917. The third-order valence-corrected chi connectivity index (χ3v) is 3.86. The minimum absolute atomic E-state index is 0.219. The van der Waals surface area contributed by atoms with Crippen molar-refractivity contribution in [1.82, 2.24) is 15.5 Å². The van der Waals surface area contributed by atoms with Gasteiger partial charge in [-0.25, -0.2) is 0 Å². The summed E-state index contributed by atoms with van der Waals surface area (Å²) in [5.41, 5.74) is 0. The first-order valence-electron chi connectivity index (χ1n) is 6.46. The van der Waals surface area contributed by atoms with Gasteiger partial charge in [0.2, 0.25) is 5.91 Å². The minimum Gasteiger partial charge on any atom is -0.354 e. The maximum Gasteiger partial charge on any atom is 0.225 e. The molecule has 4 heteroatoms. The van der Waals surface area contributed by atoms with Crippen molar-refractivity contribution in [3.63, 3.8) is 0 Å². The van der Waals surface area contributed by atoms with E-state index < -0.39 is 0 Å². The molecule has 2 fully saturated rings. The topological polar surface area (TPSA) is 44.4 Å². The molecule has 16 heavy (non-hydrogen) atoms. The number of carbonyl (C=O) groups excluding carboxylic acids is 1. The second kappa shape index (κ2) is 5.64. The van der Waals surface area contributed by atoms with Crippen LogP contribution in [0.5, 0.6) is 0 Å². The Morgan fingerprint density at radius 3 is 2.62 bits per heavy atom. The van der Waals surface area contributed by atoms with E-state index in [2.05, 4.69) is 22.6 Å². The summed E-state index contributed by atoms with van der Waals surface area (Å²) in [5.74, 6) is 0.440. The van der Waals surface area contributed by atoms with Crippen LogP contribution in [0.2, 0.25) is 0 Å². The molecule has 1 amide bonds. The maximum absolute atomic E-state index is 11.6. The Balaban J connectivity index is 1.57. The van der Waals surface area contributed by atoms with Gasteiger partial charge in [0.25, 0.3) is 0 Å². The van der Waals surface area contributed by atoms with Crippen molar-refractivity contribution < 1.29 is 4.79 Å². The van der Waals surface area contributed by atoms with Crippen molar-refractivity contribution in [2.75, 3.05) is 33.2 Å². The quantitative estimate of drug-likeness (QED) is 0.702. The normalized spacial score (nSPS) is 22.4. The lowest BCUT2D eigenvalue weighted by Crippen LogP contribution is -2.51. The Morgan fingerprint density at radius 2 is 2.06 bits per heavy atom. The van der Waals surface area contributed by atoms with Gasteiger partial charge >= 0.3 is 0 Å². The molecule has 0 aromatic heterocycles. The van der Waals surface area contributed by atoms with Gasteiger partial charge < -0.3 is 15.5 Å². The molecular weight excluding hydrogens is 202 g/mol. The summed E-state index contributed by atoms with van der Waals surface area (Å²) in [6.45, 7) is 3.48. The highest BCUT2D eigenvalue weighted by molar-refractivity contribution is 5.79. The first-order chi connectivity index (χ1) is 7.77. The molecule has 1 aliphatic heterocycles. The molecule has 1 saturated heterocycles. The van der Waals surface area contributed by atoms with Crippen LogP contribution in [0.3, 0.4) is 0 Å². The van der Waals surface area contributed by atoms with E-state index in [1.165, 1.54) is 25.7 Å². The van der Waals surface area contributed by atoms with Gasteiger partial charge in [-0.1, -0.05) is 12.8 Å². The number of hydrogen-bond acceptors (Lipinski definition) is 3. The molecule has 2 rings (SSSR count). The third kappa shape index (κ3) is 2.95. The van der Waals surface area contributed by atoms with Gasteiger partial charge in [0.15, 0.2) is 0 Å². The number of likely N-dealkylation sites (N-methyl/N-ethyl adjacent to an activating group) is 1. The highest BCUT2D eigenvalue weighted by Crippen LogP contribution is 2.21. The lowest BCUT2D eigenvalue weighted by molar-refractivity contribution is -0.126. The van der Waals surface area contributed by atoms with Crippen LogP contribution in [0.1, 0.15) is 25.7 Å². The van der Waals surface area contributed by atoms with Crippen LogP contribution in [-0.4, -0.2) is 50.1 Å². The Kier molecular flexibility index (Phi) is 4.18. The van der Waals surface area contributed by atoms with E-state index in [1.807, 2.05) is 0 Å². The van der Waals surface area contributed by atoms with Crippen LogP contribution in [0.4, 0.5) is 0 Å². The zero-order chi connectivity index (χ0) is 11.4. The number of carbonyl (C=O) groups is 1. The Bertz CT molecular complexity index is 234. The van der Waals surface area contributed by atoms with Crippen LogP contribution in [0.15, 0.2) is 0 Å². The van der Waals surface area contributed by atoms with Crippen LogP contribution in [0, 0.1) is 5.92 Å². The molecule has 2 N–H and O–H groups in total. The van der Waals surface area contributed by atoms with Crippen molar-refractivity contribution in [3.05, 3.63) is 0 Å². The van der Waals surface area contributed by atoms with Gasteiger partial charge in [0, 0.05) is 32.2 Å². The molecular formula is C12H23N3O. The largest absolute Gasteiger partial charge is 0.354 e. The first-order valence-corrected chi connectivity index (χ1v) is 6.46. The van der Waals surface area contributed by atoms with E-state index >= 15 is 0 Å². The van der Waals surface area contributed by atoms with Gasteiger partial charge in [0.1, 0.15) is 0 Å². The smallest absolute Gasteiger partial charge is 0.225 e. The van der Waals surface area contributed by atoms with E-state index in [0.717, 1.165) is 32.2 Å². The van der Waals surface area contributed by atoms with Crippen molar-refractivity contribution in [1.29, 1.82) is 0 Å². The standard InChI is InChI=1S/C12H23N3O/c1-15(11-4-2-3-5-11)7-6-14-12(16)10-8-13-9-10/h10-11,13H,2-9H2,1H3,(H,14,16).